The first-order valence-electron chi connectivity index (χ1n) is 13.7. The summed E-state index contributed by atoms with van der Waals surface area (Å²) < 4.78 is 78.4. The normalized spacial score (nSPS) is 12.3. The fourth-order valence-corrected chi connectivity index (χ4v) is 8.32. The van der Waals surface area contributed by atoms with Crippen molar-refractivity contribution in [2.24, 2.45) is 20.5 Å². The summed E-state index contributed by atoms with van der Waals surface area (Å²) >= 11 is -1.71. The van der Waals surface area contributed by atoms with E-state index in [1.165, 1.54) is 66.7 Å². The number of rotatable bonds is 20. The van der Waals surface area contributed by atoms with Crippen molar-refractivity contribution in [3.8, 4) is 5.75 Å². The Morgan fingerprint density at radius 1 is 0.709 bits per heavy atom. The summed E-state index contributed by atoms with van der Waals surface area (Å²) in [4.78, 5) is -0.194. The van der Waals surface area contributed by atoms with Crippen LogP contribution in [0.15, 0.2) is 102 Å². The molecule has 0 aliphatic rings. The van der Waals surface area contributed by atoms with Crippen molar-refractivity contribution in [3.05, 3.63) is 66.7 Å². The van der Waals surface area contributed by atoms with Gasteiger partial charge in [0, 0.05) is 10.8 Å². The molecule has 0 heterocycles. The summed E-state index contributed by atoms with van der Waals surface area (Å²) in [5.74, 6) is -2.01. The molecule has 0 amide bonds. The molecule has 4 aromatic carbocycles. The van der Waals surface area contributed by atoms with Gasteiger partial charge in [0.25, 0.3) is 0 Å². The Morgan fingerprint density at radius 3 is 1.80 bits per heavy atom. The van der Waals surface area contributed by atoms with Crippen LogP contribution in [-0.2, 0) is 63.1 Å². The number of anilines is 1. The van der Waals surface area contributed by atoms with E-state index in [1.807, 2.05) is 0 Å². The van der Waals surface area contributed by atoms with Gasteiger partial charge in [-0.15, -0.1) is 18.9 Å². The molecule has 1 unspecified atom stereocenters. The number of nitrogens with two attached hydrogens (primary N) is 1. The van der Waals surface area contributed by atoms with Crippen molar-refractivity contribution in [2.45, 2.75) is 14.7 Å². The van der Waals surface area contributed by atoms with Crippen molar-refractivity contribution < 1.29 is 163 Å². The monoisotopic (exact) mass is 889 g/mol. The Morgan fingerprint density at radius 2 is 1.25 bits per heavy atom. The molecule has 55 heavy (non-hydrogen) atoms. The Bertz CT molecular complexity index is 2160. The minimum atomic E-state index is -3.93. The van der Waals surface area contributed by atoms with Crippen LogP contribution in [0.3, 0.4) is 0 Å². The molecular formula is C26H22N5Na3O16S5. The van der Waals surface area contributed by atoms with Crippen molar-refractivity contribution in [1.82, 2.24) is 0 Å². The van der Waals surface area contributed by atoms with Crippen molar-refractivity contribution >= 4 is 94.3 Å². The zero-order valence-electron chi connectivity index (χ0n) is 28.7. The van der Waals surface area contributed by atoms with Gasteiger partial charge in [0.1, 0.15) is 11.4 Å². The average molecular weight is 890 g/mol. The van der Waals surface area contributed by atoms with Crippen molar-refractivity contribution in [1.29, 1.82) is 0 Å². The molecule has 0 fully saturated rings. The van der Waals surface area contributed by atoms with Gasteiger partial charge in [0.15, 0.2) is 48.8 Å². The topological polar surface area (TPSA) is 315 Å². The minimum absolute atomic E-state index is 0. The van der Waals surface area contributed by atoms with Crippen molar-refractivity contribution in [2.75, 3.05) is 29.6 Å². The second-order valence-electron chi connectivity index (χ2n) is 9.59. The molecule has 3 N–H and O–H groups in total. The summed E-state index contributed by atoms with van der Waals surface area (Å²) in [6.07, 6.45) is 0. The molecule has 4 rings (SSSR count). The van der Waals surface area contributed by atoms with Crippen molar-refractivity contribution in [3.63, 3.8) is 0 Å². The Hall–Kier alpha value is -0.710. The van der Waals surface area contributed by atoms with Crippen LogP contribution < -0.4 is 110 Å². The summed E-state index contributed by atoms with van der Waals surface area (Å²) in [5, 5.41) is 67.9. The van der Waals surface area contributed by atoms with E-state index in [1.54, 1.807) is 0 Å². The molecule has 280 valence electrons. The molecule has 0 spiro atoms. The van der Waals surface area contributed by atoms with Gasteiger partial charge in [0.2, 0.25) is 0 Å². The fraction of sp³-hybridized carbons (Fsp3) is 0.154. The third kappa shape index (κ3) is 15.4. The molecule has 0 aliphatic carbocycles. The molecule has 1 atom stereocenters. The largest absolute Gasteiger partial charge is 1.00 e. The first-order chi connectivity index (χ1) is 24.9. The van der Waals surface area contributed by atoms with Crippen LogP contribution >= 0.6 is 24.4 Å². The van der Waals surface area contributed by atoms with Crippen LogP contribution in [0.25, 0.3) is 10.8 Å². The number of fused-ring (bicyclic) bond motifs is 1. The zero-order chi connectivity index (χ0) is 37.7. The summed E-state index contributed by atoms with van der Waals surface area (Å²) in [6, 6.07) is 14.6. The molecule has 0 radical (unpaired) electrons. The molecule has 0 saturated heterocycles. The van der Waals surface area contributed by atoms with E-state index in [2.05, 4.69) is 48.6 Å². The van der Waals surface area contributed by atoms with Gasteiger partial charge in [0.05, 0.1) is 67.7 Å². The van der Waals surface area contributed by atoms with E-state index < -0.39 is 53.8 Å². The molecule has 0 bridgehead atoms. The summed E-state index contributed by atoms with van der Waals surface area (Å²) in [6.45, 7) is -0.300. The van der Waals surface area contributed by atoms with Crippen LogP contribution in [0.4, 0.5) is 28.4 Å². The molecule has 0 aromatic heterocycles. The van der Waals surface area contributed by atoms with Gasteiger partial charge < -0.3 is 26.6 Å². The van der Waals surface area contributed by atoms with Gasteiger partial charge in [-0.05, 0) is 66.7 Å². The number of hydrogen-bond donors (Lipinski definition) is 2. The van der Waals surface area contributed by atoms with E-state index in [0.29, 0.717) is 12.0 Å². The maximum atomic E-state index is 12.5. The minimum Gasteiger partial charge on any atom is -0.691 e. The average Bonchev–Trinajstić information content (AvgIpc) is 3.13. The molecular weight excluding hydrogens is 868 g/mol. The SMILES string of the molecule is Nc1ccc2c(O)c(N=Nc3ccc(S(=O)(=O)CCS(=O)OO[O-])cc3)c(SOO[O-])cc2c1N=Nc1ccc(S(=O)(=O)CCOSOO[O-])cc1.[Na+].[Na+].[Na+]. The second kappa shape index (κ2) is 25.7. The fourth-order valence-electron chi connectivity index (χ4n) is 4.09. The van der Waals surface area contributed by atoms with Crippen LogP contribution in [-0.4, -0.2) is 50.0 Å². The molecule has 0 saturated carbocycles. The number of benzene rings is 4. The number of phenolic OH excluding ortho intramolecular Hbond substituents is 1. The number of hydrogen-bond acceptors (Lipinski definition) is 23. The smallest absolute Gasteiger partial charge is 0.691 e. The Kier molecular flexibility index (Phi) is 24.4. The standard InChI is InChI=1S/C26H25N5O16S5.3Na/c27-22-10-9-20-21(24(22)30-28-16-1-5-18(6-2-16)51(37,38)13-11-41-49-46-43-34)15-23(48-45-42-33)25(26(20)32)31-29-17-3-7-19(8-4-17)52(39,40)14-12-50(36)47-44-35;;;/h1-10,15,32-35H,11-14,27H2;;;/q;3*+1/p-3. The maximum absolute atomic E-state index is 12.5. The van der Waals surface area contributed by atoms with Crippen LogP contribution in [0.5, 0.6) is 5.75 Å². The van der Waals surface area contributed by atoms with E-state index in [0.717, 1.165) is 0 Å². The third-order valence-corrected chi connectivity index (χ3v) is 11.9. The predicted octanol–water partition coefficient (Wildman–Crippen LogP) is -6.56. The molecule has 0 aliphatic heterocycles. The van der Waals surface area contributed by atoms with Gasteiger partial charge in [-0.3, -0.25) is 19.3 Å². The second-order valence-corrected chi connectivity index (χ2v) is 16.2. The van der Waals surface area contributed by atoms with Gasteiger partial charge in [-0.1, -0.05) is 0 Å². The Balaban J connectivity index is 0.00000504. The predicted molar refractivity (Wildman–Crippen MR) is 174 cm³/mol. The first kappa shape index (κ1) is 52.3. The van der Waals surface area contributed by atoms with Crippen LogP contribution in [0, 0.1) is 0 Å². The van der Waals surface area contributed by atoms with Crippen LogP contribution in [0.2, 0.25) is 0 Å². The number of sulfone groups is 2. The molecule has 21 nitrogen and oxygen atoms in total. The number of phenols is 1. The molecule has 4 aromatic rings. The quantitative estimate of drug-likeness (QED) is 0.0158. The van der Waals surface area contributed by atoms with E-state index >= 15 is 0 Å². The Labute approximate surface area is 389 Å². The number of aromatic hydroxyl groups is 1. The molecule has 29 heteroatoms. The van der Waals surface area contributed by atoms with Gasteiger partial charge in [-0.2, -0.15) is 14.6 Å². The van der Waals surface area contributed by atoms with Gasteiger partial charge >= 0.3 is 88.7 Å². The third-order valence-electron chi connectivity index (χ3n) is 6.47. The van der Waals surface area contributed by atoms with E-state index in [4.69, 9.17) is 9.92 Å². The number of nitrogens with zero attached hydrogens (tertiary/aromatic N) is 4. The number of nitrogen functional groups attached to an aromatic ring is 1. The number of azo groups is 2. The first-order valence-corrected chi connectivity index (χ1v) is 19.7. The van der Waals surface area contributed by atoms with E-state index in [-0.39, 0.29) is 161 Å². The van der Waals surface area contributed by atoms with Gasteiger partial charge in [-0.25, -0.2) is 21.0 Å². The summed E-state index contributed by atoms with van der Waals surface area (Å²) in [5.41, 5.74) is 6.55. The maximum Gasteiger partial charge on any atom is 1.00 e. The zero-order valence-corrected chi connectivity index (χ0v) is 38.7. The van der Waals surface area contributed by atoms with E-state index in [9.17, 15) is 41.9 Å². The summed E-state index contributed by atoms with van der Waals surface area (Å²) in [7, 11) is -7.70. The van der Waals surface area contributed by atoms with Crippen LogP contribution in [0.1, 0.15) is 0 Å².